The molecule has 22 heavy (non-hydrogen) atoms. The summed E-state index contributed by atoms with van der Waals surface area (Å²) in [5.74, 6) is -1.67. The Morgan fingerprint density at radius 1 is 1.41 bits per heavy atom. The van der Waals surface area contributed by atoms with E-state index in [-0.39, 0.29) is 21.1 Å². The first-order valence-electron chi connectivity index (χ1n) is 6.07. The van der Waals surface area contributed by atoms with Crippen molar-refractivity contribution >= 4 is 60.8 Å². The summed E-state index contributed by atoms with van der Waals surface area (Å²) in [6.07, 6.45) is 1.29. The molecule has 5 nitrogen and oxygen atoms in total. The normalized spacial score (nSPS) is 10.8. The average Bonchev–Trinajstić information content (AvgIpc) is 2.82. The fourth-order valence-electron chi connectivity index (χ4n) is 2.05. The first-order chi connectivity index (χ1) is 10.5. The molecule has 0 aliphatic heterocycles. The van der Waals surface area contributed by atoms with E-state index in [4.69, 9.17) is 0 Å². The van der Waals surface area contributed by atoms with Gasteiger partial charge in [0.05, 0.1) is 11.1 Å². The van der Waals surface area contributed by atoms with Crippen molar-refractivity contribution in [2.75, 3.05) is 5.32 Å². The summed E-state index contributed by atoms with van der Waals surface area (Å²) in [6, 6.07) is 7.60. The van der Waals surface area contributed by atoms with Gasteiger partial charge in [0.25, 0.3) is 4.83 Å². The van der Waals surface area contributed by atoms with Crippen LogP contribution in [0.15, 0.2) is 36.5 Å². The summed E-state index contributed by atoms with van der Waals surface area (Å²) in [5.41, 5.74) is 0.120. The summed E-state index contributed by atoms with van der Waals surface area (Å²) < 4.78 is 15.3. The van der Waals surface area contributed by atoms with Gasteiger partial charge in [0, 0.05) is 9.64 Å². The molecule has 0 radical (unpaired) electrons. The minimum atomic E-state index is -1.18. The van der Waals surface area contributed by atoms with Crippen LogP contribution < -0.4 is 10.0 Å². The Labute approximate surface area is 141 Å². The number of aromatic nitrogens is 1. The van der Waals surface area contributed by atoms with Gasteiger partial charge >= 0.3 is 5.97 Å². The van der Waals surface area contributed by atoms with Gasteiger partial charge in [-0.1, -0.05) is 0 Å². The predicted molar refractivity (Wildman–Crippen MR) is 90.1 cm³/mol. The molecule has 1 aromatic carbocycles. The molecule has 3 aromatic rings. The molecule has 0 bridgehead atoms. The maximum atomic E-state index is 13.9. The van der Waals surface area contributed by atoms with Crippen LogP contribution in [-0.4, -0.2) is 11.1 Å². The number of halogens is 2. The molecule has 2 heterocycles. The van der Waals surface area contributed by atoms with E-state index in [9.17, 15) is 19.5 Å². The van der Waals surface area contributed by atoms with E-state index >= 15 is 0 Å². The number of rotatable bonds is 3. The molecule has 0 atom stereocenters. The molecule has 3 rings (SSSR count). The van der Waals surface area contributed by atoms with Crippen molar-refractivity contribution in [2.45, 2.75) is 0 Å². The maximum Gasteiger partial charge on any atom is 0.339 e. The Morgan fingerprint density at radius 3 is 2.86 bits per heavy atom. The molecule has 0 amide bonds. The summed E-state index contributed by atoms with van der Waals surface area (Å²) in [7, 11) is 0. The molecule has 2 aromatic heterocycles. The number of benzene rings is 1. The van der Waals surface area contributed by atoms with Crippen molar-refractivity contribution in [1.82, 2.24) is 0 Å². The van der Waals surface area contributed by atoms with Crippen molar-refractivity contribution in [3.05, 3.63) is 56.7 Å². The Kier molecular flexibility index (Phi) is 3.87. The molecule has 0 spiro atoms. The standard InChI is InChI=1S/C14H8FIN2O3S/c15-9-6-7(16)3-4-10(9)17-12-11(14(19)20)8-2-1-5-18(21)13(8)22-12/h1-6,17H,(H,19,20). The number of hydrogen-bond acceptors (Lipinski definition) is 4. The zero-order valence-electron chi connectivity index (χ0n) is 10.8. The molecule has 0 aliphatic rings. The summed E-state index contributed by atoms with van der Waals surface area (Å²) in [5, 5.41) is 24.5. The number of aromatic carboxylic acids is 1. The number of fused-ring (bicyclic) bond motifs is 1. The van der Waals surface area contributed by atoms with E-state index in [0.717, 1.165) is 14.9 Å². The highest BCUT2D eigenvalue weighted by molar-refractivity contribution is 14.1. The van der Waals surface area contributed by atoms with Crippen molar-refractivity contribution in [2.24, 2.45) is 0 Å². The first-order valence-corrected chi connectivity index (χ1v) is 7.97. The third kappa shape index (κ3) is 2.59. The van der Waals surface area contributed by atoms with E-state index < -0.39 is 11.8 Å². The molecule has 0 saturated carbocycles. The Balaban J connectivity index is 2.16. The highest BCUT2D eigenvalue weighted by atomic mass is 127. The van der Waals surface area contributed by atoms with Gasteiger partial charge in [-0.2, -0.15) is 4.73 Å². The number of hydrogen-bond donors (Lipinski definition) is 2. The number of nitrogens with one attached hydrogen (secondary N) is 1. The number of carbonyl (C=O) groups is 1. The molecule has 112 valence electrons. The lowest BCUT2D eigenvalue weighted by Gasteiger charge is -2.06. The lowest BCUT2D eigenvalue weighted by molar-refractivity contribution is -0.574. The van der Waals surface area contributed by atoms with Crippen molar-refractivity contribution in [1.29, 1.82) is 0 Å². The van der Waals surface area contributed by atoms with Crippen molar-refractivity contribution in [3.8, 4) is 0 Å². The van der Waals surface area contributed by atoms with Gasteiger partial charge in [-0.05, 0) is 58.2 Å². The lowest BCUT2D eigenvalue weighted by Crippen LogP contribution is -2.24. The van der Waals surface area contributed by atoms with E-state index in [1.807, 2.05) is 22.6 Å². The second-order valence-corrected chi connectivity index (χ2v) is 6.66. The van der Waals surface area contributed by atoms with E-state index in [2.05, 4.69) is 5.32 Å². The van der Waals surface area contributed by atoms with Crippen LogP contribution in [0.2, 0.25) is 0 Å². The van der Waals surface area contributed by atoms with Gasteiger partial charge in [0.2, 0.25) is 0 Å². The predicted octanol–water partition coefficient (Wildman–Crippen LogP) is 3.72. The largest absolute Gasteiger partial charge is 0.618 e. The highest BCUT2D eigenvalue weighted by Crippen LogP contribution is 2.36. The number of carboxylic acid groups (broad SMARTS) is 1. The molecular weight excluding hydrogens is 422 g/mol. The highest BCUT2D eigenvalue weighted by Gasteiger charge is 2.23. The van der Waals surface area contributed by atoms with Crippen LogP contribution in [0, 0.1) is 14.6 Å². The van der Waals surface area contributed by atoms with Gasteiger partial charge in [-0.15, -0.1) is 0 Å². The quantitative estimate of drug-likeness (QED) is 0.378. The molecule has 0 unspecified atom stereocenters. The van der Waals surface area contributed by atoms with Crippen LogP contribution in [0.1, 0.15) is 10.4 Å². The molecule has 2 N–H and O–H groups in total. The van der Waals surface area contributed by atoms with Gasteiger partial charge in [-0.25, -0.2) is 9.18 Å². The van der Waals surface area contributed by atoms with E-state index in [0.29, 0.717) is 10.1 Å². The number of carboxylic acids is 1. The molecule has 0 aliphatic carbocycles. The SMILES string of the molecule is O=C(O)c1c(Nc2ccc(I)cc2F)sc2c1ccc[n+]2[O-]. The van der Waals surface area contributed by atoms with Crippen molar-refractivity contribution < 1.29 is 19.0 Å². The monoisotopic (exact) mass is 430 g/mol. The number of pyridine rings is 1. The Morgan fingerprint density at radius 2 is 2.18 bits per heavy atom. The smallest absolute Gasteiger partial charge is 0.339 e. The Bertz CT molecular complexity index is 897. The molecule has 0 saturated heterocycles. The number of anilines is 2. The van der Waals surface area contributed by atoms with Gasteiger partial charge < -0.3 is 15.6 Å². The summed E-state index contributed by atoms with van der Waals surface area (Å²) >= 11 is 2.96. The average molecular weight is 430 g/mol. The van der Waals surface area contributed by atoms with E-state index in [1.165, 1.54) is 24.4 Å². The zero-order valence-corrected chi connectivity index (χ0v) is 13.8. The van der Waals surface area contributed by atoms with Crippen LogP contribution >= 0.6 is 33.9 Å². The minimum absolute atomic E-state index is 0.0388. The second-order valence-electron chi connectivity index (χ2n) is 4.41. The van der Waals surface area contributed by atoms with Crippen LogP contribution in [0.25, 0.3) is 10.2 Å². The second kappa shape index (κ2) is 5.69. The third-order valence-corrected chi connectivity index (χ3v) is 4.78. The van der Waals surface area contributed by atoms with Crippen LogP contribution in [-0.2, 0) is 0 Å². The van der Waals surface area contributed by atoms with Crippen molar-refractivity contribution in [3.63, 3.8) is 0 Å². The molecular formula is C14H8FIN2O3S. The fraction of sp³-hybridized carbons (Fsp3) is 0. The van der Waals surface area contributed by atoms with Gasteiger partial charge in [-0.3, -0.25) is 0 Å². The van der Waals surface area contributed by atoms with Crippen LogP contribution in [0.4, 0.5) is 15.1 Å². The fourth-order valence-corrected chi connectivity index (χ4v) is 3.59. The van der Waals surface area contributed by atoms with Crippen LogP contribution in [0.5, 0.6) is 0 Å². The topological polar surface area (TPSA) is 76.3 Å². The lowest BCUT2D eigenvalue weighted by atomic mass is 10.2. The molecule has 0 fully saturated rings. The third-order valence-electron chi connectivity index (χ3n) is 3.00. The number of nitrogens with zero attached hydrogens (tertiary/aromatic N) is 1. The number of thiophene rings is 1. The van der Waals surface area contributed by atoms with E-state index in [1.54, 1.807) is 12.1 Å². The zero-order chi connectivity index (χ0) is 15.9. The van der Waals surface area contributed by atoms with Gasteiger partial charge in [0.1, 0.15) is 16.4 Å². The Hall–Kier alpha value is -1.94. The summed E-state index contributed by atoms with van der Waals surface area (Å²) in [4.78, 5) is 11.8. The minimum Gasteiger partial charge on any atom is -0.618 e. The maximum absolute atomic E-state index is 13.9. The van der Waals surface area contributed by atoms with Gasteiger partial charge in [0.15, 0.2) is 6.20 Å². The first kappa shape index (κ1) is 15.0. The van der Waals surface area contributed by atoms with Crippen LogP contribution in [0.3, 0.4) is 0 Å². The summed E-state index contributed by atoms with van der Waals surface area (Å²) in [6.45, 7) is 0. The molecule has 8 heteroatoms.